The van der Waals surface area contributed by atoms with Gasteiger partial charge >= 0.3 is 11.9 Å². The minimum absolute atomic E-state index is 0.0289. The Morgan fingerprint density at radius 3 is 1.44 bits per heavy atom. The molecule has 0 aliphatic heterocycles. The van der Waals surface area contributed by atoms with E-state index in [1.165, 1.54) is 61.4 Å². The van der Waals surface area contributed by atoms with Crippen molar-refractivity contribution in [3.63, 3.8) is 0 Å². The summed E-state index contributed by atoms with van der Waals surface area (Å²) in [5.41, 5.74) is 3.25. The van der Waals surface area contributed by atoms with Crippen LogP contribution in [0.5, 0.6) is 11.5 Å². The molecule has 4 aromatic rings. The summed E-state index contributed by atoms with van der Waals surface area (Å²) in [6.07, 6.45) is 6.51. The predicted octanol–water partition coefficient (Wildman–Crippen LogP) is 9.79. The lowest BCUT2D eigenvalue weighted by atomic mass is 9.93. The zero-order valence-electron chi connectivity index (χ0n) is 29.2. The van der Waals surface area contributed by atoms with E-state index in [-0.39, 0.29) is 68.4 Å². The van der Waals surface area contributed by atoms with E-state index in [2.05, 4.69) is 16.0 Å². The van der Waals surface area contributed by atoms with Crippen LogP contribution in [0.2, 0.25) is 20.1 Å². The van der Waals surface area contributed by atoms with Crippen LogP contribution in [-0.4, -0.2) is 46.7 Å². The van der Waals surface area contributed by atoms with Crippen LogP contribution in [0.4, 0.5) is 20.2 Å². The Morgan fingerprint density at radius 2 is 1.05 bits per heavy atom. The molecule has 1 amide bonds. The molecule has 16 heteroatoms. The number of benzene rings is 4. The number of aliphatic carboxylic acids is 2. The molecular weight excluding hydrogens is 802 g/mol. The first kappa shape index (κ1) is 41.7. The maximum Gasteiger partial charge on any atom is 0.322 e. The minimum Gasteiger partial charge on any atom is -0.486 e. The van der Waals surface area contributed by atoms with E-state index in [1.807, 2.05) is 6.07 Å². The number of carboxylic acid groups (broad SMARTS) is 2. The number of hydrogen-bond acceptors (Lipinski definition) is 7. The Labute approximate surface area is 336 Å². The zero-order valence-corrected chi connectivity index (χ0v) is 32.2. The van der Waals surface area contributed by atoms with Crippen molar-refractivity contribution < 1.29 is 42.9 Å². The van der Waals surface area contributed by atoms with Gasteiger partial charge in [0.15, 0.2) is 11.5 Å². The van der Waals surface area contributed by atoms with Crippen LogP contribution in [-0.2, 0) is 29.2 Å². The maximum absolute atomic E-state index is 13.9. The summed E-state index contributed by atoms with van der Waals surface area (Å²) in [6.45, 7) is -0.404. The number of nitrogens with one attached hydrogen (secondary N) is 3. The topological polar surface area (TPSA) is 146 Å². The summed E-state index contributed by atoms with van der Waals surface area (Å²) < 4.78 is 39.1. The van der Waals surface area contributed by atoms with Gasteiger partial charge in [0.25, 0.3) is 5.91 Å². The average Bonchev–Trinajstić information content (AvgIpc) is 3.06. The van der Waals surface area contributed by atoms with Crippen molar-refractivity contribution in [3.05, 3.63) is 115 Å². The smallest absolute Gasteiger partial charge is 0.322 e. The zero-order chi connectivity index (χ0) is 39.6. The summed E-state index contributed by atoms with van der Waals surface area (Å²) in [6, 6.07) is 15.7. The summed E-state index contributed by atoms with van der Waals surface area (Å²) in [4.78, 5) is 33.3. The van der Waals surface area contributed by atoms with Gasteiger partial charge in [-0.15, -0.1) is 0 Å². The number of amides is 1. The first-order valence-corrected chi connectivity index (χ1v) is 18.8. The molecule has 0 bridgehead atoms. The Hall–Kier alpha value is -4.49. The minimum atomic E-state index is -1.17. The number of anilines is 2. The highest BCUT2D eigenvalue weighted by molar-refractivity contribution is 6.38. The van der Waals surface area contributed by atoms with Gasteiger partial charge in [-0.2, -0.15) is 0 Å². The summed E-state index contributed by atoms with van der Waals surface area (Å²) in [7, 11) is 0. The highest BCUT2D eigenvalue weighted by Crippen LogP contribution is 2.37. The van der Waals surface area contributed by atoms with E-state index in [0.717, 1.165) is 31.4 Å². The van der Waals surface area contributed by atoms with Gasteiger partial charge in [-0.1, -0.05) is 46.4 Å². The fourth-order valence-corrected chi connectivity index (χ4v) is 6.87. The third-order valence-corrected chi connectivity index (χ3v) is 9.83. The van der Waals surface area contributed by atoms with E-state index in [0.29, 0.717) is 34.5 Å². The van der Waals surface area contributed by atoms with Crippen LogP contribution >= 0.6 is 46.4 Å². The number of carboxylic acids is 2. The van der Waals surface area contributed by atoms with Gasteiger partial charge in [-0.3, -0.25) is 14.4 Å². The second-order valence-corrected chi connectivity index (χ2v) is 14.8. The number of carbonyl (C=O) groups is 3. The van der Waals surface area contributed by atoms with Crippen molar-refractivity contribution in [1.29, 1.82) is 0 Å². The van der Waals surface area contributed by atoms with Crippen molar-refractivity contribution in [2.75, 3.05) is 17.2 Å². The molecule has 0 spiro atoms. The number of halogens is 6. The lowest BCUT2D eigenvalue weighted by Crippen LogP contribution is -2.29. The largest absolute Gasteiger partial charge is 0.486 e. The molecule has 0 heterocycles. The van der Waals surface area contributed by atoms with Gasteiger partial charge in [-0.05, 0) is 116 Å². The Balaban J connectivity index is 0.000000212. The number of ether oxygens (including phenoxy) is 2. The highest BCUT2D eigenvalue weighted by Gasteiger charge is 2.20. The lowest BCUT2D eigenvalue weighted by molar-refractivity contribution is -0.137. The molecule has 55 heavy (non-hydrogen) atoms. The van der Waals surface area contributed by atoms with Crippen molar-refractivity contribution in [3.8, 4) is 11.5 Å². The SMILES string of the molecule is O=C(O)CNC(=O)c1cc(Cl)c(OCc2cc(F)cc(NC3CCC3)c2)c(Cl)c1.O=C(O)Cc1cc(Cl)c(OCc2cc(F)cc(NC3CCC3)c2)c(Cl)c1. The molecule has 10 nitrogen and oxygen atoms in total. The molecule has 6 rings (SSSR count). The predicted molar refractivity (Wildman–Crippen MR) is 208 cm³/mol. The van der Waals surface area contributed by atoms with Crippen LogP contribution in [0, 0.1) is 11.6 Å². The van der Waals surface area contributed by atoms with E-state index < -0.39 is 24.4 Å². The van der Waals surface area contributed by atoms with E-state index in [9.17, 15) is 23.2 Å². The van der Waals surface area contributed by atoms with Gasteiger partial charge in [-0.25, -0.2) is 8.78 Å². The van der Waals surface area contributed by atoms with Crippen molar-refractivity contribution >= 4 is 75.6 Å². The van der Waals surface area contributed by atoms with Crippen LogP contribution in [0.15, 0.2) is 60.7 Å². The molecule has 0 unspecified atom stereocenters. The molecule has 2 aliphatic rings. The van der Waals surface area contributed by atoms with Crippen LogP contribution < -0.4 is 25.4 Å². The van der Waals surface area contributed by atoms with Gasteiger partial charge in [0.05, 0.1) is 26.5 Å². The highest BCUT2D eigenvalue weighted by atomic mass is 35.5. The summed E-state index contributed by atoms with van der Waals surface area (Å²) in [5.74, 6) is -3.09. The summed E-state index contributed by atoms with van der Waals surface area (Å²) >= 11 is 24.7. The summed E-state index contributed by atoms with van der Waals surface area (Å²) in [5, 5.41) is 26.9. The molecule has 2 aliphatic carbocycles. The van der Waals surface area contributed by atoms with Gasteiger partial charge in [0.2, 0.25) is 0 Å². The molecule has 0 atom stereocenters. The first-order valence-electron chi connectivity index (χ1n) is 17.3. The van der Waals surface area contributed by atoms with Crippen molar-refractivity contribution in [2.45, 2.75) is 70.2 Å². The molecule has 2 fully saturated rings. The molecule has 2 saturated carbocycles. The molecule has 5 N–H and O–H groups in total. The van der Waals surface area contributed by atoms with Gasteiger partial charge in [0.1, 0.15) is 31.4 Å². The number of rotatable bonds is 15. The number of carbonyl (C=O) groups excluding carboxylic acids is 1. The second kappa shape index (κ2) is 19.4. The third kappa shape index (κ3) is 12.5. The fourth-order valence-electron chi connectivity index (χ4n) is 5.64. The Morgan fingerprint density at radius 1 is 0.618 bits per heavy atom. The molecule has 4 aromatic carbocycles. The molecule has 0 saturated heterocycles. The van der Waals surface area contributed by atoms with E-state index in [4.69, 9.17) is 66.1 Å². The molecule has 0 aromatic heterocycles. The molecule has 292 valence electrons. The Bertz CT molecular complexity index is 2000. The molecular formula is C39H37Cl4F2N3O7. The maximum atomic E-state index is 13.9. The quantitative estimate of drug-likeness (QED) is 0.0790. The number of hydrogen-bond donors (Lipinski definition) is 5. The van der Waals surface area contributed by atoms with E-state index in [1.54, 1.807) is 6.07 Å². The Kier molecular flexibility index (Phi) is 14.7. The van der Waals surface area contributed by atoms with Crippen LogP contribution in [0.3, 0.4) is 0 Å². The van der Waals surface area contributed by atoms with E-state index >= 15 is 0 Å². The van der Waals surface area contributed by atoms with Gasteiger partial charge in [0, 0.05) is 29.0 Å². The second-order valence-electron chi connectivity index (χ2n) is 13.1. The standard InChI is InChI=1S/C20H19Cl2FN2O4.C19H18Cl2FNO3/c21-16-6-12(20(28)24-9-18(26)27)7-17(22)19(16)29-10-11-4-13(23)8-15(5-11)25-14-2-1-3-14;20-16-6-11(8-18(24)25)7-17(21)19(16)26-10-12-4-13(22)9-15(5-12)23-14-2-1-3-14/h4-8,14,25H,1-3,9-10H2,(H,24,28)(H,26,27);4-7,9,14,23H,1-3,8,10H2,(H,24,25). The average molecular weight is 840 g/mol. The lowest BCUT2D eigenvalue weighted by Gasteiger charge is -2.27. The first-order chi connectivity index (χ1) is 26.2. The van der Waals surface area contributed by atoms with Crippen LogP contribution in [0.1, 0.15) is 65.6 Å². The fraction of sp³-hybridized carbons (Fsp3) is 0.308. The van der Waals surface area contributed by atoms with Gasteiger partial charge < -0.3 is 35.6 Å². The normalized spacial score (nSPS) is 13.7. The van der Waals surface area contributed by atoms with Crippen molar-refractivity contribution in [1.82, 2.24) is 5.32 Å². The monoisotopic (exact) mass is 837 g/mol. The molecule has 0 radical (unpaired) electrons. The van der Waals surface area contributed by atoms with Crippen molar-refractivity contribution in [2.24, 2.45) is 0 Å². The third-order valence-electron chi connectivity index (χ3n) is 8.71. The van der Waals surface area contributed by atoms with Crippen LogP contribution in [0.25, 0.3) is 0 Å².